The number of piperidine rings is 1. The summed E-state index contributed by atoms with van der Waals surface area (Å²) < 4.78 is 0. The van der Waals surface area contributed by atoms with Crippen molar-refractivity contribution in [1.29, 1.82) is 0 Å². The standard InChI is InChI=1S/C19H20ClN3O/c20-16-13-21-12-15(14-4-2-1-3-5-14)17(16)23-10-7-19(8-11-23)6-9-22-18(19)24/h1-5,12-13H,6-11H2,(H,22,24). The minimum atomic E-state index is -0.164. The first-order valence-corrected chi connectivity index (χ1v) is 8.80. The van der Waals surface area contributed by atoms with Gasteiger partial charge in [0.05, 0.1) is 16.1 Å². The van der Waals surface area contributed by atoms with E-state index in [1.807, 2.05) is 24.4 Å². The Morgan fingerprint density at radius 3 is 2.50 bits per heavy atom. The van der Waals surface area contributed by atoms with Crippen LogP contribution in [0.25, 0.3) is 11.1 Å². The molecule has 5 heteroatoms. The number of benzene rings is 1. The lowest BCUT2D eigenvalue weighted by atomic mass is 9.77. The van der Waals surface area contributed by atoms with Gasteiger partial charge in [-0.25, -0.2) is 0 Å². The van der Waals surface area contributed by atoms with E-state index in [0.717, 1.165) is 55.7 Å². The normalized spacial score (nSPS) is 19.5. The first-order chi connectivity index (χ1) is 11.7. The van der Waals surface area contributed by atoms with Gasteiger partial charge in [-0.2, -0.15) is 0 Å². The van der Waals surface area contributed by atoms with E-state index in [4.69, 9.17) is 11.6 Å². The van der Waals surface area contributed by atoms with Gasteiger partial charge >= 0.3 is 0 Å². The zero-order valence-corrected chi connectivity index (χ0v) is 14.2. The van der Waals surface area contributed by atoms with E-state index in [1.165, 1.54) is 0 Å². The van der Waals surface area contributed by atoms with E-state index >= 15 is 0 Å². The summed E-state index contributed by atoms with van der Waals surface area (Å²) >= 11 is 6.51. The van der Waals surface area contributed by atoms with Gasteiger partial charge in [0.15, 0.2) is 0 Å². The van der Waals surface area contributed by atoms with Gasteiger partial charge in [0.1, 0.15) is 0 Å². The molecule has 0 radical (unpaired) electrons. The number of carbonyl (C=O) groups excluding carboxylic acids is 1. The van der Waals surface area contributed by atoms with Gasteiger partial charge in [0, 0.05) is 37.6 Å². The molecule has 2 aromatic rings. The molecule has 1 aromatic heterocycles. The Balaban J connectivity index is 1.65. The molecule has 0 atom stereocenters. The fourth-order valence-corrected chi connectivity index (χ4v) is 4.21. The lowest BCUT2D eigenvalue weighted by Gasteiger charge is -2.39. The van der Waals surface area contributed by atoms with Crippen LogP contribution in [-0.2, 0) is 4.79 Å². The van der Waals surface area contributed by atoms with Crippen LogP contribution in [0.1, 0.15) is 19.3 Å². The van der Waals surface area contributed by atoms with Gasteiger partial charge in [-0.1, -0.05) is 41.9 Å². The Morgan fingerprint density at radius 1 is 1.08 bits per heavy atom. The third kappa shape index (κ3) is 2.55. The van der Waals surface area contributed by atoms with Crippen molar-refractivity contribution < 1.29 is 4.79 Å². The van der Waals surface area contributed by atoms with Crippen LogP contribution in [0.3, 0.4) is 0 Å². The average Bonchev–Trinajstić information content (AvgIpc) is 2.97. The number of aromatic nitrogens is 1. The van der Waals surface area contributed by atoms with Crippen molar-refractivity contribution in [3.8, 4) is 11.1 Å². The Bertz CT molecular complexity index is 754. The third-order valence-corrected chi connectivity index (χ3v) is 5.64. The van der Waals surface area contributed by atoms with E-state index < -0.39 is 0 Å². The molecule has 4 rings (SSSR count). The largest absolute Gasteiger partial charge is 0.370 e. The average molecular weight is 342 g/mol. The van der Waals surface area contributed by atoms with Gasteiger partial charge in [-0.05, 0) is 24.8 Å². The number of hydrogen-bond donors (Lipinski definition) is 1. The maximum atomic E-state index is 12.2. The highest BCUT2D eigenvalue weighted by atomic mass is 35.5. The first-order valence-electron chi connectivity index (χ1n) is 8.42. The van der Waals surface area contributed by atoms with Crippen LogP contribution in [0, 0.1) is 5.41 Å². The lowest BCUT2D eigenvalue weighted by molar-refractivity contribution is -0.128. The number of anilines is 1. The zero-order valence-electron chi connectivity index (χ0n) is 13.5. The number of nitrogens with zero attached hydrogens (tertiary/aromatic N) is 2. The Hall–Kier alpha value is -2.07. The number of rotatable bonds is 2. The summed E-state index contributed by atoms with van der Waals surface area (Å²) in [6.07, 6.45) is 6.30. The molecule has 2 aliphatic rings. The van der Waals surface area contributed by atoms with Crippen molar-refractivity contribution in [3.63, 3.8) is 0 Å². The molecule has 3 heterocycles. The van der Waals surface area contributed by atoms with Crippen LogP contribution >= 0.6 is 11.6 Å². The second-order valence-corrected chi connectivity index (χ2v) is 7.06. The molecule has 2 aliphatic heterocycles. The summed E-state index contributed by atoms with van der Waals surface area (Å²) in [6.45, 7) is 2.50. The van der Waals surface area contributed by atoms with E-state index in [1.54, 1.807) is 6.20 Å². The molecule has 0 saturated carbocycles. The van der Waals surface area contributed by atoms with Gasteiger partial charge in [-0.3, -0.25) is 9.78 Å². The fourth-order valence-electron chi connectivity index (χ4n) is 3.93. The number of hydrogen-bond acceptors (Lipinski definition) is 3. The summed E-state index contributed by atoms with van der Waals surface area (Å²) in [5.74, 6) is 0.228. The maximum absolute atomic E-state index is 12.2. The van der Waals surface area contributed by atoms with Gasteiger partial charge < -0.3 is 10.2 Å². The van der Waals surface area contributed by atoms with Crippen molar-refractivity contribution in [1.82, 2.24) is 10.3 Å². The molecule has 4 nitrogen and oxygen atoms in total. The number of pyridine rings is 1. The van der Waals surface area contributed by atoms with E-state index in [-0.39, 0.29) is 11.3 Å². The predicted octanol–water partition coefficient (Wildman–Crippen LogP) is 3.51. The molecular formula is C19H20ClN3O. The molecular weight excluding hydrogens is 322 g/mol. The van der Waals surface area contributed by atoms with Crippen molar-refractivity contribution in [2.24, 2.45) is 5.41 Å². The Kier molecular flexibility index (Phi) is 3.93. The molecule has 24 heavy (non-hydrogen) atoms. The molecule has 0 unspecified atom stereocenters. The molecule has 0 bridgehead atoms. The van der Waals surface area contributed by atoms with Crippen molar-refractivity contribution in [2.45, 2.75) is 19.3 Å². The minimum absolute atomic E-state index is 0.164. The Labute approximate surface area is 146 Å². The van der Waals surface area contributed by atoms with Crippen LogP contribution in [0.5, 0.6) is 0 Å². The van der Waals surface area contributed by atoms with Crippen LogP contribution in [0.2, 0.25) is 5.02 Å². The highest BCUT2D eigenvalue weighted by Crippen LogP contribution is 2.43. The van der Waals surface area contributed by atoms with E-state index in [2.05, 4.69) is 27.3 Å². The molecule has 124 valence electrons. The summed E-state index contributed by atoms with van der Waals surface area (Å²) in [5, 5.41) is 3.66. The number of amides is 1. The maximum Gasteiger partial charge on any atom is 0.226 e. The van der Waals surface area contributed by atoms with Crippen molar-refractivity contribution >= 4 is 23.2 Å². The molecule has 1 N–H and O–H groups in total. The highest BCUT2D eigenvalue weighted by Gasteiger charge is 2.44. The van der Waals surface area contributed by atoms with Crippen LogP contribution in [-0.4, -0.2) is 30.5 Å². The van der Waals surface area contributed by atoms with Gasteiger partial charge in [-0.15, -0.1) is 0 Å². The van der Waals surface area contributed by atoms with E-state index in [0.29, 0.717) is 5.02 Å². The fraction of sp³-hybridized carbons (Fsp3) is 0.368. The molecule has 1 aromatic carbocycles. The second kappa shape index (κ2) is 6.10. The smallest absolute Gasteiger partial charge is 0.226 e. The molecule has 2 saturated heterocycles. The lowest BCUT2D eigenvalue weighted by Crippen LogP contribution is -2.44. The molecule has 0 aliphatic carbocycles. The van der Waals surface area contributed by atoms with Gasteiger partial charge in [0.2, 0.25) is 5.91 Å². The quantitative estimate of drug-likeness (QED) is 0.909. The first kappa shape index (κ1) is 15.5. The molecule has 1 spiro atoms. The third-order valence-electron chi connectivity index (χ3n) is 5.37. The number of halogens is 1. The number of carbonyl (C=O) groups is 1. The monoisotopic (exact) mass is 341 g/mol. The van der Waals surface area contributed by atoms with Crippen molar-refractivity contribution in [3.05, 3.63) is 47.7 Å². The zero-order chi connectivity index (χ0) is 16.6. The minimum Gasteiger partial charge on any atom is -0.370 e. The number of nitrogens with one attached hydrogen (secondary N) is 1. The summed E-state index contributed by atoms with van der Waals surface area (Å²) in [5.41, 5.74) is 3.03. The topological polar surface area (TPSA) is 45.2 Å². The summed E-state index contributed by atoms with van der Waals surface area (Å²) in [7, 11) is 0. The van der Waals surface area contributed by atoms with Crippen LogP contribution < -0.4 is 10.2 Å². The summed E-state index contributed by atoms with van der Waals surface area (Å²) in [4.78, 5) is 18.8. The Morgan fingerprint density at radius 2 is 1.83 bits per heavy atom. The van der Waals surface area contributed by atoms with Crippen LogP contribution in [0.4, 0.5) is 5.69 Å². The SMILES string of the molecule is O=C1NCCC12CCN(c1c(Cl)cncc1-c1ccccc1)CC2. The van der Waals surface area contributed by atoms with E-state index in [9.17, 15) is 4.79 Å². The highest BCUT2D eigenvalue weighted by molar-refractivity contribution is 6.33. The predicted molar refractivity (Wildman–Crippen MR) is 96.2 cm³/mol. The van der Waals surface area contributed by atoms with Crippen LogP contribution in [0.15, 0.2) is 42.7 Å². The molecule has 1 amide bonds. The summed E-state index contributed by atoms with van der Waals surface area (Å²) in [6, 6.07) is 10.2. The van der Waals surface area contributed by atoms with Gasteiger partial charge in [0.25, 0.3) is 0 Å². The van der Waals surface area contributed by atoms with Crippen molar-refractivity contribution in [2.75, 3.05) is 24.5 Å². The second-order valence-electron chi connectivity index (χ2n) is 6.66. The molecule has 2 fully saturated rings.